The number of halogens is 2. The van der Waals surface area contributed by atoms with Crippen molar-refractivity contribution >= 4 is 103 Å². The molecule has 1 aliphatic heterocycles. The first-order valence-corrected chi connectivity index (χ1v) is 26.1. The smallest absolute Gasteiger partial charge is 0.386 e. The molecule has 0 saturated carbocycles. The molecule has 32 heteroatoms. The summed E-state index contributed by atoms with van der Waals surface area (Å²) in [5, 5.41) is 32.4. The van der Waals surface area contributed by atoms with Gasteiger partial charge < -0.3 is 50.9 Å². The number of phosphoric ester groups is 3. The molecular weight excluding hydrogens is 1030 g/mol. The van der Waals surface area contributed by atoms with Crippen LogP contribution in [0.2, 0.25) is 10.0 Å². The Morgan fingerprint density at radius 1 is 1.00 bits per heavy atom. The molecule has 0 aliphatic carbocycles. The number of benzene rings is 2. The molecule has 10 N–H and O–H groups in total. The summed E-state index contributed by atoms with van der Waals surface area (Å²) in [5.41, 5.74) is 5.92. The summed E-state index contributed by atoms with van der Waals surface area (Å²) < 4.78 is 64.2. The van der Waals surface area contributed by atoms with E-state index in [0.29, 0.717) is 20.9 Å². The zero-order valence-corrected chi connectivity index (χ0v) is 40.5. The third-order valence-electron chi connectivity index (χ3n) is 9.92. The number of carbonyl (C=O) groups is 3. The third kappa shape index (κ3) is 13.7. The lowest BCUT2D eigenvalue weighted by Crippen LogP contribution is -2.46. The van der Waals surface area contributed by atoms with Crippen LogP contribution in [0.1, 0.15) is 42.5 Å². The van der Waals surface area contributed by atoms with E-state index in [0.717, 1.165) is 34.5 Å². The van der Waals surface area contributed by atoms with Crippen LogP contribution in [0, 0.1) is 5.41 Å². The number of hydrogen-bond acceptors (Lipinski definition) is 19. The Bertz CT molecular complexity index is 2820. The van der Waals surface area contributed by atoms with Crippen LogP contribution in [0.5, 0.6) is 0 Å². The van der Waals surface area contributed by atoms with Crippen molar-refractivity contribution in [2.24, 2.45) is 5.41 Å². The van der Waals surface area contributed by atoms with Crippen molar-refractivity contribution in [2.75, 3.05) is 37.8 Å². The van der Waals surface area contributed by atoms with Crippen LogP contribution >= 0.6 is 58.4 Å². The molecule has 2 aromatic carbocycles. The molecule has 1 fully saturated rings. The molecule has 1 aliphatic rings. The van der Waals surface area contributed by atoms with E-state index in [1.165, 1.54) is 13.8 Å². The van der Waals surface area contributed by atoms with Gasteiger partial charge in [0.25, 0.3) is 0 Å². The van der Waals surface area contributed by atoms with Crippen LogP contribution in [-0.2, 0) is 52.4 Å². The van der Waals surface area contributed by atoms with Crippen molar-refractivity contribution in [3.8, 4) is 0 Å². The Morgan fingerprint density at radius 2 is 1.72 bits per heavy atom. The van der Waals surface area contributed by atoms with Crippen molar-refractivity contribution < 1.29 is 80.5 Å². The number of anilines is 1. The van der Waals surface area contributed by atoms with Crippen LogP contribution in [0.4, 0.5) is 5.82 Å². The molecule has 0 bridgehead atoms. The van der Waals surface area contributed by atoms with Crippen molar-refractivity contribution in [1.82, 2.24) is 39.9 Å². The van der Waals surface area contributed by atoms with Gasteiger partial charge in [0, 0.05) is 46.1 Å². The Labute approximate surface area is 399 Å². The predicted octanol–water partition coefficient (Wildman–Crippen LogP) is 2.68. The minimum absolute atomic E-state index is 0.0217. The van der Waals surface area contributed by atoms with Gasteiger partial charge in [-0.3, -0.25) is 37.2 Å². The zero-order valence-electron chi connectivity index (χ0n) is 35.5. The number of nitrogen functional groups attached to an aromatic ring is 1. The first-order chi connectivity index (χ1) is 31.8. The fourth-order valence-electron chi connectivity index (χ4n) is 6.55. The maximum atomic E-state index is 13.2. The number of para-hydroxylation sites is 1. The van der Waals surface area contributed by atoms with E-state index in [4.69, 9.17) is 42.7 Å². The number of amides is 2. The lowest BCUT2D eigenvalue weighted by atomic mass is 9.87. The highest BCUT2D eigenvalue weighted by atomic mass is 35.5. The van der Waals surface area contributed by atoms with Gasteiger partial charge in [-0.15, -0.1) is 0 Å². The maximum absolute atomic E-state index is 13.2. The molecule has 4 heterocycles. The number of aliphatic hydroxyl groups excluding tert-OH is 2. The lowest BCUT2D eigenvalue weighted by molar-refractivity contribution is -0.137. The molecule has 26 nitrogen and oxygen atoms in total. The lowest BCUT2D eigenvalue weighted by Gasteiger charge is -2.30. The number of rotatable bonds is 22. The number of aliphatic hydroxyl groups is 2. The summed E-state index contributed by atoms with van der Waals surface area (Å²) in [6, 6.07) is 12.3. The van der Waals surface area contributed by atoms with E-state index in [2.05, 4.69) is 39.5 Å². The fraction of sp³-hybridized carbons (Fsp3) is 0.417. The number of nitrogens with two attached hydrogens (primary N) is 1. The van der Waals surface area contributed by atoms with Gasteiger partial charge in [0.15, 0.2) is 17.7 Å². The zero-order chi connectivity index (χ0) is 49.8. The quantitative estimate of drug-likeness (QED) is 0.0355. The number of fused-ring (bicyclic) bond motifs is 2. The largest absolute Gasteiger partial charge is 0.481 e. The molecule has 5 aromatic rings. The van der Waals surface area contributed by atoms with Gasteiger partial charge in [-0.05, 0) is 23.8 Å². The number of thioether (sulfide) groups is 1. The Hall–Kier alpha value is -3.95. The van der Waals surface area contributed by atoms with Crippen LogP contribution in [0.3, 0.4) is 0 Å². The second-order valence-corrected chi connectivity index (χ2v) is 21.6. The first kappa shape index (κ1) is 53.4. The Balaban J connectivity index is 0.922. The summed E-state index contributed by atoms with van der Waals surface area (Å²) in [5.74, 6) is -1.36. The molecule has 0 radical (unpaired) electrons. The average molecular weight is 1070 g/mol. The van der Waals surface area contributed by atoms with Crippen LogP contribution in [-0.4, -0.2) is 132 Å². The number of imidazole rings is 1. The molecule has 6 rings (SSSR count). The molecule has 3 aromatic heterocycles. The molecule has 7 unspecified atom stereocenters. The van der Waals surface area contributed by atoms with Crippen LogP contribution in [0.25, 0.3) is 22.1 Å². The number of ether oxygens (including phenoxy) is 1. The van der Waals surface area contributed by atoms with Crippen molar-refractivity contribution in [3.63, 3.8) is 0 Å². The fourth-order valence-corrected chi connectivity index (χ4v) is 10.5. The number of hydrogen-bond donors (Lipinski definition) is 9. The summed E-state index contributed by atoms with van der Waals surface area (Å²) in [6.45, 7) is 0.549. The van der Waals surface area contributed by atoms with Gasteiger partial charge in [-0.25, -0.2) is 28.6 Å². The minimum Gasteiger partial charge on any atom is -0.386 e. The van der Waals surface area contributed by atoms with Crippen molar-refractivity contribution in [3.05, 3.63) is 76.4 Å². The van der Waals surface area contributed by atoms with E-state index in [1.54, 1.807) is 35.0 Å². The number of aromatic nitrogens is 6. The standard InChI is InChI=1S/C36H44Cl2N9O17P3S/c1-36(2,16-61-67(58,59)64-66(56,57)60-15-24-29(63-65(53,54)55)28(49)34(62-24)46-18-44-27-31(39)42-17-43-32(27)46)30(50)33(51)41-10-9-25(48)40-11-12-68-35(52)26-21-5-3-4-6-23(21)47(45-26)14-19-7-8-20(37)13-22(19)38/h3-8,13,17-18,24,28-30,34,49-50H,9-12,14-16H2,1-2H3,(H,40,48)(H,41,51)(H,56,57)(H,58,59)(H2,39,42,43)(H2,53,54,55). The van der Waals surface area contributed by atoms with Gasteiger partial charge in [0.1, 0.15) is 42.0 Å². The molecule has 7 atom stereocenters. The van der Waals surface area contributed by atoms with E-state index in [1.807, 2.05) is 12.1 Å². The molecule has 68 heavy (non-hydrogen) atoms. The SMILES string of the molecule is CC(C)(COP(=O)(O)OP(=O)(O)OCC1OC(n2cnc3c(N)ncnc32)C(O)C1OP(=O)(O)O)C(O)C(=O)NCCC(=O)NCCSC(=O)c1nn(Cc2ccc(Cl)cc2Cl)c2ccccc12. The maximum Gasteiger partial charge on any atom is 0.481 e. The highest BCUT2D eigenvalue weighted by Crippen LogP contribution is 2.61. The third-order valence-corrected chi connectivity index (χ3v) is 14.5. The second-order valence-electron chi connectivity index (χ2n) is 15.5. The Kier molecular flexibility index (Phi) is 17.3. The summed E-state index contributed by atoms with van der Waals surface area (Å²) in [7, 11) is -16.5. The number of phosphoric acid groups is 3. The molecule has 370 valence electrons. The minimum atomic E-state index is -5.60. The molecule has 2 amide bonds. The van der Waals surface area contributed by atoms with Crippen molar-refractivity contribution in [2.45, 2.75) is 57.5 Å². The van der Waals surface area contributed by atoms with Gasteiger partial charge in [0.2, 0.25) is 16.9 Å². The summed E-state index contributed by atoms with van der Waals surface area (Å²) >= 11 is 13.3. The number of nitrogens with zero attached hydrogens (tertiary/aromatic N) is 6. The highest BCUT2D eigenvalue weighted by Gasteiger charge is 2.50. The highest BCUT2D eigenvalue weighted by molar-refractivity contribution is 8.14. The summed E-state index contributed by atoms with van der Waals surface area (Å²) in [6.07, 6.45) is -7.09. The molecule has 0 spiro atoms. The van der Waals surface area contributed by atoms with E-state index < -0.39 is 84.6 Å². The topological polar surface area (TPSA) is 381 Å². The summed E-state index contributed by atoms with van der Waals surface area (Å²) in [4.78, 5) is 89.7. The van der Waals surface area contributed by atoms with Crippen molar-refractivity contribution in [1.29, 1.82) is 0 Å². The normalized spacial score (nSPS) is 20.0. The van der Waals surface area contributed by atoms with Crippen LogP contribution < -0.4 is 16.4 Å². The second kappa shape index (κ2) is 22.0. The van der Waals surface area contributed by atoms with Gasteiger partial charge in [-0.2, -0.15) is 9.41 Å². The first-order valence-electron chi connectivity index (χ1n) is 19.8. The molecular formula is C36H44Cl2N9O17P3S. The number of carbonyl (C=O) groups excluding carboxylic acids is 3. The Morgan fingerprint density at radius 3 is 2.44 bits per heavy atom. The predicted molar refractivity (Wildman–Crippen MR) is 242 cm³/mol. The number of nitrogens with one attached hydrogen (secondary N) is 2. The average Bonchev–Trinajstić information content (AvgIpc) is 3.94. The molecule has 1 saturated heterocycles. The van der Waals surface area contributed by atoms with E-state index in [-0.39, 0.29) is 59.6 Å². The van der Waals surface area contributed by atoms with Crippen LogP contribution in [0.15, 0.2) is 55.1 Å². The van der Waals surface area contributed by atoms with E-state index in [9.17, 15) is 57.9 Å². The van der Waals surface area contributed by atoms with Gasteiger partial charge in [0.05, 0.1) is 31.6 Å². The van der Waals surface area contributed by atoms with E-state index >= 15 is 0 Å². The van der Waals surface area contributed by atoms with Gasteiger partial charge >= 0.3 is 23.5 Å². The monoisotopic (exact) mass is 1070 g/mol. The van der Waals surface area contributed by atoms with Gasteiger partial charge in [-0.1, -0.05) is 73.1 Å².